The number of rotatable bonds is 8. The minimum absolute atomic E-state index is 0.0375. The Hall–Kier alpha value is -3.52. The van der Waals surface area contributed by atoms with E-state index in [4.69, 9.17) is 14.2 Å². The van der Waals surface area contributed by atoms with Crippen molar-refractivity contribution < 1.29 is 28.9 Å². The summed E-state index contributed by atoms with van der Waals surface area (Å²) < 4.78 is 16.1. The number of carbonyl (C=O) groups is 2. The van der Waals surface area contributed by atoms with Gasteiger partial charge in [-0.3, -0.25) is 9.59 Å². The molecule has 0 aromatic heterocycles. The molecule has 1 aliphatic heterocycles. The quantitative estimate of drug-likeness (QED) is 0.373. The Balaban J connectivity index is 2.19. The van der Waals surface area contributed by atoms with E-state index in [1.165, 1.54) is 19.1 Å². The number of ether oxygens (including phenoxy) is 3. The van der Waals surface area contributed by atoms with Gasteiger partial charge in [0.1, 0.15) is 11.5 Å². The van der Waals surface area contributed by atoms with E-state index >= 15 is 0 Å². The van der Waals surface area contributed by atoms with Crippen molar-refractivity contribution in [2.45, 2.75) is 13.0 Å². The number of methoxy groups -OCH3 is 3. The highest BCUT2D eigenvalue weighted by molar-refractivity contribution is 6.46. The van der Waals surface area contributed by atoms with E-state index < -0.39 is 17.7 Å². The van der Waals surface area contributed by atoms with Gasteiger partial charge in [-0.2, -0.15) is 0 Å². The molecule has 1 aliphatic rings. The zero-order chi connectivity index (χ0) is 24.3. The number of ketones is 1. The minimum atomic E-state index is -0.771. The zero-order valence-electron chi connectivity index (χ0n) is 19.8. The Morgan fingerprint density at radius 1 is 0.970 bits per heavy atom. The van der Waals surface area contributed by atoms with Crippen molar-refractivity contribution in [2.24, 2.45) is 0 Å². The lowest BCUT2D eigenvalue weighted by Crippen LogP contribution is -2.35. The summed E-state index contributed by atoms with van der Waals surface area (Å²) >= 11 is 0. The van der Waals surface area contributed by atoms with Crippen LogP contribution in [0.4, 0.5) is 0 Å². The van der Waals surface area contributed by atoms with Gasteiger partial charge in [-0.1, -0.05) is 6.07 Å². The van der Waals surface area contributed by atoms with E-state index in [0.29, 0.717) is 41.5 Å². The largest absolute Gasteiger partial charge is 0.507 e. The molecule has 1 saturated heterocycles. The first-order valence-corrected chi connectivity index (χ1v) is 10.5. The summed E-state index contributed by atoms with van der Waals surface area (Å²) in [5, 5.41) is 11.2. The maximum atomic E-state index is 13.1. The number of hydrogen-bond acceptors (Lipinski definition) is 7. The third-order valence-electron chi connectivity index (χ3n) is 5.72. The molecule has 1 fully saturated rings. The standard InChI is InChI=1S/C25H30N2O6/c1-15-13-17(8-9-18(15)31-4)23(28)21-22(16-7-10-19(32-5)20(14-16)33-6)27(12-11-26(2)3)25(30)24(21)29/h7-10,13-14,22,28H,11-12H2,1-6H3/t22-/m1/s1. The van der Waals surface area contributed by atoms with Crippen LogP contribution in [0.5, 0.6) is 17.2 Å². The van der Waals surface area contributed by atoms with E-state index in [1.807, 2.05) is 25.9 Å². The molecule has 0 unspecified atom stereocenters. The molecule has 3 rings (SSSR count). The van der Waals surface area contributed by atoms with E-state index in [-0.39, 0.29) is 11.3 Å². The van der Waals surface area contributed by atoms with Crippen LogP contribution in [0.3, 0.4) is 0 Å². The van der Waals surface area contributed by atoms with Gasteiger partial charge in [0.25, 0.3) is 11.7 Å². The van der Waals surface area contributed by atoms with Crippen LogP contribution in [0.1, 0.15) is 22.7 Å². The Bertz CT molecular complexity index is 1090. The van der Waals surface area contributed by atoms with Crippen LogP contribution in [0.25, 0.3) is 5.76 Å². The van der Waals surface area contributed by atoms with E-state index in [1.54, 1.807) is 43.5 Å². The molecule has 0 spiro atoms. The molecule has 8 heteroatoms. The van der Waals surface area contributed by atoms with Crippen LogP contribution in [-0.2, 0) is 9.59 Å². The highest BCUT2D eigenvalue weighted by Crippen LogP contribution is 2.42. The predicted molar refractivity (Wildman–Crippen MR) is 125 cm³/mol. The Morgan fingerprint density at radius 3 is 2.18 bits per heavy atom. The number of aryl methyl sites for hydroxylation is 1. The number of carbonyl (C=O) groups excluding carboxylic acids is 2. The third kappa shape index (κ3) is 4.66. The van der Waals surface area contributed by atoms with Crippen molar-refractivity contribution in [3.05, 3.63) is 58.7 Å². The monoisotopic (exact) mass is 454 g/mol. The average molecular weight is 455 g/mol. The van der Waals surface area contributed by atoms with Crippen LogP contribution >= 0.6 is 0 Å². The fraction of sp³-hybridized carbons (Fsp3) is 0.360. The summed E-state index contributed by atoms with van der Waals surface area (Å²) in [4.78, 5) is 29.6. The van der Waals surface area contributed by atoms with Crippen LogP contribution in [0.2, 0.25) is 0 Å². The Morgan fingerprint density at radius 2 is 1.61 bits per heavy atom. The minimum Gasteiger partial charge on any atom is -0.507 e. The number of aliphatic hydroxyl groups excluding tert-OH is 1. The Kier molecular flexibility index (Phi) is 7.28. The molecule has 0 bridgehead atoms. The van der Waals surface area contributed by atoms with Gasteiger partial charge in [0.05, 0.1) is 32.9 Å². The smallest absolute Gasteiger partial charge is 0.295 e. The highest BCUT2D eigenvalue weighted by Gasteiger charge is 2.46. The molecule has 0 saturated carbocycles. The number of hydrogen-bond donors (Lipinski definition) is 1. The molecule has 8 nitrogen and oxygen atoms in total. The first-order valence-electron chi connectivity index (χ1n) is 10.5. The summed E-state index contributed by atoms with van der Waals surface area (Å²) in [6, 6.07) is 9.56. The number of benzene rings is 2. The third-order valence-corrected chi connectivity index (χ3v) is 5.72. The number of amides is 1. The van der Waals surface area contributed by atoms with Gasteiger partial charge in [0.2, 0.25) is 0 Å². The molecule has 1 N–H and O–H groups in total. The lowest BCUT2D eigenvalue weighted by molar-refractivity contribution is -0.140. The molecule has 2 aromatic rings. The molecule has 1 amide bonds. The van der Waals surface area contributed by atoms with Crippen LogP contribution in [0.15, 0.2) is 42.0 Å². The van der Waals surface area contributed by atoms with Gasteiger partial charge < -0.3 is 29.1 Å². The molecule has 2 aromatic carbocycles. The summed E-state index contributed by atoms with van der Waals surface area (Å²) in [6.45, 7) is 2.71. The van der Waals surface area contributed by atoms with Gasteiger partial charge >= 0.3 is 0 Å². The average Bonchev–Trinajstić information content (AvgIpc) is 3.06. The van der Waals surface area contributed by atoms with Crippen molar-refractivity contribution in [2.75, 3.05) is 48.5 Å². The fourth-order valence-corrected chi connectivity index (χ4v) is 3.97. The second-order valence-corrected chi connectivity index (χ2v) is 8.09. The first kappa shape index (κ1) is 24.1. The van der Waals surface area contributed by atoms with E-state index in [0.717, 1.165) is 5.56 Å². The second kappa shape index (κ2) is 9.95. The SMILES string of the molecule is COc1ccc(C(O)=C2C(=O)C(=O)N(CCN(C)C)[C@@H]2c2ccc(OC)c(OC)c2)cc1C. The number of likely N-dealkylation sites (N-methyl/N-ethyl adjacent to an activating group) is 1. The maximum absolute atomic E-state index is 13.1. The van der Waals surface area contributed by atoms with Crippen LogP contribution < -0.4 is 14.2 Å². The van der Waals surface area contributed by atoms with Gasteiger partial charge in [-0.15, -0.1) is 0 Å². The zero-order valence-corrected chi connectivity index (χ0v) is 19.8. The summed E-state index contributed by atoms with van der Waals surface area (Å²) in [5.74, 6) is 0.0503. The summed E-state index contributed by atoms with van der Waals surface area (Å²) in [6.07, 6.45) is 0. The molecule has 176 valence electrons. The predicted octanol–water partition coefficient (Wildman–Crippen LogP) is 3.00. The topological polar surface area (TPSA) is 88.5 Å². The van der Waals surface area contributed by atoms with Gasteiger partial charge in [0.15, 0.2) is 11.5 Å². The molecule has 33 heavy (non-hydrogen) atoms. The lowest BCUT2D eigenvalue weighted by atomic mass is 9.94. The number of likely N-dealkylation sites (tertiary alicyclic amines) is 1. The molecular weight excluding hydrogens is 424 g/mol. The van der Waals surface area contributed by atoms with Crippen molar-refractivity contribution in [1.82, 2.24) is 9.80 Å². The van der Waals surface area contributed by atoms with Crippen molar-refractivity contribution >= 4 is 17.4 Å². The van der Waals surface area contributed by atoms with Gasteiger partial charge in [-0.05, 0) is 62.5 Å². The number of Topliss-reactive ketones (excluding diaryl/α,β-unsaturated/α-hetero) is 1. The second-order valence-electron chi connectivity index (χ2n) is 8.09. The van der Waals surface area contributed by atoms with Crippen LogP contribution in [0, 0.1) is 6.92 Å². The van der Waals surface area contributed by atoms with Crippen molar-refractivity contribution in [3.63, 3.8) is 0 Å². The molecule has 0 radical (unpaired) electrons. The first-order chi connectivity index (χ1) is 15.7. The molecule has 1 atom stereocenters. The summed E-state index contributed by atoms with van der Waals surface area (Å²) in [7, 11) is 8.40. The van der Waals surface area contributed by atoms with Crippen molar-refractivity contribution in [1.29, 1.82) is 0 Å². The van der Waals surface area contributed by atoms with E-state index in [9.17, 15) is 14.7 Å². The summed E-state index contributed by atoms with van der Waals surface area (Å²) in [5.41, 5.74) is 1.91. The molecule has 1 heterocycles. The number of aliphatic hydroxyl groups is 1. The highest BCUT2D eigenvalue weighted by atomic mass is 16.5. The maximum Gasteiger partial charge on any atom is 0.295 e. The fourth-order valence-electron chi connectivity index (χ4n) is 3.97. The Labute approximate surface area is 194 Å². The number of nitrogens with zero attached hydrogens (tertiary/aromatic N) is 2. The van der Waals surface area contributed by atoms with E-state index in [2.05, 4.69) is 0 Å². The lowest BCUT2D eigenvalue weighted by Gasteiger charge is -2.27. The molecule has 0 aliphatic carbocycles. The normalized spacial score (nSPS) is 17.5. The van der Waals surface area contributed by atoms with Gasteiger partial charge in [-0.25, -0.2) is 0 Å². The van der Waals surface area contributed by atoms with Crippen molar-refractivity contribution in [3.8, 4) is 17.2 Å². The van der Waals surface area contributed by atoms with Crippen LogP contribution in [-0.4, -0.2) is 75.1 Å². The molecular formula is C25H30N2O6. The van der Waals surface area contributed by atoms with Gasteiger partial charge in [0, 0.05) is 18.7 Å².